The highest BCUT2D eigenvalue weighted by molar-refractivity contribution is 5.26. The second-order valence-corrected chi connectivity index (χ2v) is 5.64. The van der Waals surface area contributed by atoms with Crippen molar-refractivity contribution in [2.45, 2.75) is 52.2 Å². The topological polar surface area (TPSA) is 21.3 Å². The quantitative estimate of drug-likeness (QED) is 0.806. The maximum atomic E-state index is 14.1. The van der Waals surface area contributed by atoms with Crippen LogP contribution in [0.3, 0.4) is 0 Å². The summed E-state index contributed by atoms with van der Waals surface area (Å²) in [6.45, 7) is 8.89. The number of rotatable bonds is 7. The fourth-order valence-electron chi connectivity index (χ4n) is 2.12. The van der Waals surface area contributed by atoms with Crippen LogP contribution in [0.25, 0.3) is 0 Å². The van der Waals surface area contributed by atoms with Crippen LogP contribution in [0.2, 0.25) is 0 Å². The van der Waals surface area contributed by atoms with Crippen molar-refractivity contribution in [3.8, 4) is 0 Å². The van der Waals surface area contributed by atoms with Crippen molar-refractivity contribution < 1.29 is 9.13 Å². The zero-order valence-electron chi connectivity index (χ0n) is 12.7. The van der Waals surface area contributed by atoms with Gasteiger partial charge in [-0.1, -0.05) is 19.1 Å². The van der Waals surface area contributed by atoms with Gasteiger partial charge in [0.1, 0.15) is 5.82 Å². The molecule has 1 unspecified atom stereocenters. The smallest absolute Gasteiger partial charge is 0.128 e. The van der Waals surface area contributed by atoms with E-state index in [1.54, 1.807) is 13.2 Å². The molecule has 0 fully saturated rings. The van der Waals surface area contributed by atoms with Crippen LogP contribution >= 0.6 is 0 Å². The zero-order chi connectivity index (χ0) is 14.5. The lowest BCUT2D eigenvalue weighted by atomic mass is 9.94. The third-order valence-corrected chi connectivity index (χ3v) is 3.57. The Morgan fingerprint density at radius 3 is 2.58 bits per heavy atom. The first-order chi connectivity index (χ1) is 8.89. The van der Waals surface area contributed by atoms with E-state index in [4.69, 9.17) is 4.74 Å². The molecule has 3 heteroatoms. The summed E-state index contributed by atoms with van der Waals surface area (Å²) in [7, 11) is 1.72. The lowest BCUT2D eigenvalue weighted by molar-refractivity contribution is 0.0116. The summed E-state index contributed by atoms with van der Waals surface area (Å²) in [5.74, 6) is -0.124. The molecule has 0 saturated carbocycles. The number of methoxy groups -OCH3 is 1. The van der Waals surface area contributed by atoms with Gasteiger partial charge in [-0.2, -0.15) is 0 Å². The summed E-state index contributed by atoms with van der Waals surface area (Å²) in [6.07, 6.45) is 1.74. The van der Waals surface area contributed by atoms with Crippen LogP contribution < -0.4 is 5.32 Å². The first-order valence-electron chi connectivity index (χ1n) is 6.94. The Morgan fingerprint density at radius 2 is 2.05 bits per heavy atom. The Balaban J connectivity index is 2.82. The van der Waals surface area contributed by atoms with Crippen molar-refractivity contribution in [3.05, 3.63) is 35.1 Å². The van der Waals surface area contributed by atoms with Crippen molar-refractivity contribution in [1.82, 2.24) is 5.32 Å². The van der Waals surface area contributed by atoms with Crippen molar-refractivity contribution >= 4 is 0 Å². The molecule has 1 rings (SSSR count). The summed E-state index contributed by atoms with van der Waals surface area (Å²) < 4.78 is 19.5. The number of hydrogen-bond acceptors (Lipinski definition) is 2. The van der Waals surface area contributed by atoms with Gasteiger partial charge in [-0.15, -0.1) is 0 Å². The molecular weight excluding hydrogens is 241 g/mol. The van der Waals surface area contributed by atoms with Gasteiger partial charge in [0, 0.05) is 18.7 Å². The highest BCUT2D eigenvalue weighted by Gasteiger charge is 2.21. The molecule has 0 aliphatic heterocycles. The van der Waals surface area contributed by atoms with Crippen LogP contribution in [0.15, 0.2) is 18.2 Å². The SMILES string of the molecule is CCNC(CCC(C)(C)OC)c1ccc(C)cc1F. The van der Waals surface area contributed by atoms with E-state index in [1.165, 1.54) is 0 Å². The van der Waals surface area contributed by atoms with Gasteiger partial charge in [0.25, 0.3) is 0 Å². The number of nitrogens with one attached hydrogen (secondary N) is 1. The monoisotopic (exact) mass is 267 g/mol. The standard InChI is InChI=1S/C16H26FNO/c1-6-18-15(9-10-16(3,4)19-5)13-8-7-12(2)11-14(13)17/h7-8,11,15,18H,6,9-10H2,1-5H3. The Bertz CT molecular complexity index is 404. The molecule has 1 aromatic carbocycles. The highest BCUT2D eigenvalue weighted by atomic mass is 19.1. The van der Waals surface area contributed by atoms with Crippen LogP contribution in [0.4, 0.5) is 4.39 Å². The predicted octanol–water partition coefficient (Wildman–Crippen LogP) is 3.99. The molecule has 0 heterocycles. The summed E-state index contributed by atoms with van der Waals surface area (Å²) in [5, 5.41) is 3.36. The van der Waals surface area contributed by atoms with Crippen LogP contribution in [0, 0.1) is 12.7 Å². The minimum absolute atomic E-state index is 0.0417. The van der Waals surface area contributed by atoms with Crippen molar-refractivity contribution in [3.63, 3.8) is 0 Å². The van der Waals surface area contributed by atoms with Gasteiger partial charge in [-0.05, 0) is 51.8 Å². The Kier molecular flexibility index (Phi) is 5.95. The van der Waals surface area contributed by atoms with E-state index in [0.717, 1.165) is 30.5 Å². The van der Waals surface area contributed by atoms with E-state index in [-0.39, 0.29) is 17.5 Å². The fraction of sp³-hybridized carbons (Fsp3) is 0.625. The van der Waals surface area contributed by atoms with Crippen molar-refractivity contribution in [2.24, 2.45) is 0 Å². The first kappa shape index (κ1) is 16.1. The molecule has 0 radical (unpaired) electrons. The molecule has 0 bridgehead atoms. The Morgan fingerprint density at radius 1 is 1.37 bits per heavy atom. The van der Waals surface area contributed by atoms with Gasteiger partial charge >= 0.3 is 0 Å². The Hall–Kier alpha value is -0.930. The van der Waals surface area contributed by atoms with E-state index in [2.05, 4.69) is 19.2 Å². The number of ether oxygens (including phenoxy) is 1. The molecule has 1 atom stereocenters. The molecule has 0 aliphatic rings. The van der Waals surface area contributed by atoms with Gasteiger partial charge in [0.15, 0.2) is 0 Å². The van der Waals surface area contributed by atoms with E-state index in [1.807, 2.05) is 26.0 Å². The number of hydrogen-bond donors (Lipinski definition) is 1. The second-order valence-electron chi connectivity index (χ2n) is 5.64. The van der Waals surface area contributed by atoms with Crippen molar-refractivity contribution in [2.75, 3.05) is 13.7 Å². The van der Waals surface area contributed by atoms with Gasteiger partial charge in [-0.3, -0.25) is 0 Å². The average Bonchev–Trinajstić information content (AvgIpc) is 2.35. The summed E-state index contributed by atoms with van der Waals surface area (Å²) in [6, 6.07) is 5.49. The first-order valence-corrected chi connectivity index (χ1v) is 6.94. The second kappa shape index (κ2) is 7.01. The molecule has 0 aromatic heterocycles. The molecule has 19 heavy (non-hydrogen) atoms. The summed E-state index contributed by atoms with van der Waals surface area (Å²) in [5.41, 5.74) is 1.53. The van der Waals surface area contributed by atoms with E-state index < -0.39 is 0 Å². The number of halogens is 1. The lowest BCUT2D eigenvalue weighted by Gasteiger charge is -2.26. The van der Waals surface area contributed by atoms with E-state index >= 15 is 0 Å². The molecule has 0 amide bonds. The number of benzene rings is 1. The van der Waals surface area contributed by atoms with Gasteiger partial charge in [0.05, 0.1) is 5.60 Å². The zero-order valence-corrected chi connectivity index (χ0v) is 12.7. The van der Waals surface area contributed by atoms with Crippen LogP contribution in [-0.2, 0) is 4.74 Å². The maximum absolute atomic E-state index is 14.1. The predicted molar refractivity (Wildman–Crippen MR) is 77.9 cm³/mol. The minimum atomic E-state index is -0.172. The molecule has 1 N–H and O–H groups in total. The van der Waals surface area contributed by atoms with E-state index in [9.17, 15) is 4.39 Å². The minimum Gasteiger partial charge on any atom is -0.379 e. The lowest BCUT2D eigenvalue weighted by Crippen LogP contribution is -2.27. The number of aryl methyl sites for hydroxylation is 1. The van der Waals surface area contributed by atoms with Crippen LogP contribution in [0.5, 0.6) is 0 Å². The molecule has 0 spiro atoms. The average molecular weight is 267 g/mol. The molecular formula is C16H26FNO. The molecule has 108 valence electrons. The van der Waals surface area contributed by atoms with Crippen LogP contribution in [0.1, 0.15) is 50.8 Å². The molecule has 0 aliphatic carbocycles. The normalized spacial score (nSPS) is 13.6. The van der Waals surface area contributed by atoms with Gasteiger partial charge in [0.2, 0.25) is 0 Å². The summed E-state index contributed by atoms with van der Waals surface area (Å²) >= 11 is 0. The Labute approximate surface area is 116 Å². The van der Waals surface area contributed by atoms with Gasteiger partial charge in [-0.25, -0.2) is 4.39 Å². The molecule has 1 aromatic rings. The highest BCUT2D eigenvalue weighted by Crippen LogP contribution is 2.26. The molecule has 2 nitrogen and oxygen atoms in total. The third-order valence-electron chi connectivity index (χ3n) is 3.57. The largest absolute Gasteiger partial charge is 0.379 e. The van der Waals surface area contributed by atoms with Crippen molar-refractivity contribution in [1.29, 1.82) is 0 Å². The molecule has 0 saturated heterocycles. The summed E-state index contributed by atoms with van der Waals surface area (Å²) in [4.78, 5) is 0. The van der Waals surface area contributed by atoms with E-state index in [0.29, 0.717) is 0 Å². The fourth-order valence-corrected chi connectivity index (χ4v) is 2.12. The third kappa shape index (κ3) is 4.92. The van der Waals surface area contributed by atoms with Gasteiger partial charge < -0.3 is 10.1 Å². The maximum Gasteiger partial charge on any atom is 0.128 e. The van der Waals surface area contributed by atoms with Crippen LogP contribution in [-0.4, -0.2) is 19.3 Å².